The second-order valence-corrected chi connectivity index (χ2v) is 8.03. The van der Waals surface area contributed by atoms with Gasteiger partial charge in [0.2, 0.25) is 5.91 Å². The Kier molecular flexibility index (Phi) is 8.09. The molecule has 0 fully saturated rings. The summed E-state index contributed by atoms with van der Waals surface area (Å²) >= 11 is 13.0. The fourth-order valence-corrected chi connectivity index (χ4v) is 3.98. The van der Waals surface area contributed by atoms with Crippen LogP contribution in [0.2, 0.25) is 10.0 Å². The van der Waals surface area contributed by atoms with Gasteiger partial charge < -0.3 is 10.1 Å². The molecule has 0 saturated heterocycles. The van der Waals surface area contributed by atoms with Gasteiger partial charge in [-0.25, -0.2) is 9.97 Å². The zero-order chi connectivity index (χ0) is 21.5. The molecule has 7 nitrogen and oxygen atoms in total. The molecule has 10 heteroatoms. The number of hydrogen-bond donors (Lipinski definition) is 1. The number of amides is 1. The van der Waals surface area contributed by atoms with Crippen molar-refractivity contribution >= 4 is 57.6 Å². The molecule has 0 aliphatic rings. The van der Waals surface area contributed by atoms with Crippen molar-refractivity contribution in [3.05, 3.63) is 56.9 Å². The van der Waals surface area contributed by atoms with Crippen LogP contribution in [-0.2, 0) is 16.1 Å². The summed E-state index contributed by atoms with van der Waals surface area (Å²) in [6.07, 6.45) is 2.06. The third kappa shape index (κ3) is 5.72. The molecule has 3 aromatic rings. The summed E-state index contributed by atoms with van der Waals surface area (Å²) in [5, 5.41) is 4.28. The Balaban J connectivity index is 1.77. The number of nitrogens with one attached hydrogen (secondary N) is 1. The minimum absolute atomic E-state index is 0.0386. The summed E-state index contributed by atoms with van der Waals surface area (Å²) in [5.74, 6) is -0.0520. The lowest BCUT2D eigenvalue weighted by Gasteiger charge is -2.13. The minimum atomic E-state index is -0.319. The van der Waals surface area contributed by atoms with Gasteiger partial charge in [-0.3, -0.25) is 14.2 Å². The number of pyridine rings is 1. The maximum absolute atomic E-state index is 13.0. The first-order chi connectivity index (χ1) is 14.5. The van der Waals surface area contributed by atoms with Gasteiger partial charge in [-0.2, -0.15) is 0 Å². The average molecular weight is 467 g/mol. The molecule has 1 amide bonds. The number of anilines is 1. The Bertz CT molecular complexity index is 1110. The Morgan fingerprint density at radius 2 is 2.10 bits per heavy atom. The molecule has 2 heterocycles. The van der Waals surface area contributed by atoms with E-state index < -0.39 is 0 Å². The molecule has 30 heavy (non-hydrogen) atoms. The molecule has 1 aromatic carbocycles. The summed E-state index contributed by atoms with van der Waals surface area (Å²) in [6.45, 7) is 3.53. The first kappa shape index (κ1) is 22.6. The molecule has 2 aromatic heterocycles. The van der Waals surface area contributed by atoms with E-state index in [-0.39, 0.29) is 28.1 Å². The number of halogens is 2. The number of fused-ring (bicyclic) bond motifs is 1. The maximum Gasteiger partial charge on any atom is 0.262 e. The number of hydrogen-bond acceptors (Lipinski definition) is 6. The van der Waals surface area contributed by atoms with Crippen LogP contribution in [0.25, 0.3) is 10.9 Å². The molecule has 3 rings (SSSR count). The first-order valence-electron chi connectivity index (χ1n) is 9.30. The maximum atomic E-state index is 13.0. The molecule has 0 atom stereocenters. The molecule has 0 saturated carbocycles. The number of carbonyl (C=O) groups excluding carboxylic acids is 1. The number of para-hydroxylation sites is 1. The highest BCUT2D eigenvalue weighted by atomic mass is 35.5. The molecule has 0 spiro atoms. The average Bonchev–Trinajstić information content (AvgIpc) is 2.73. The largest absolute Gasteiger partial charge is 0.382 e. The van der Waals surface area contributed by atoms with Gasteiger partial charge in [0, 0.05) is 26.0 Å². The van der Waals surface area contributed by atoms with Gasteiger partial charge in [-0.05, 0) is 31.5 Å². The van der Waals surface area contributed by atoms with Crippen LogP contribution in [0.4, 0.5) is 5.82 Å². The van der Waals surface area contributed by atoms with E-state index in [0.29, 0.717) is 47.3 Å². The lowest BCUT2D eigenvalue weighted by atomic mass is 10.2. The van der Waals surface area contributed by atoms with Crippen molar-refractivity contribution in [3.8, 4) is 0 Å². The smallest absolute Gasteiger partial charge is 0.262 e. The normalized spacial score (nSPS) is 11.0. The Labute approximate surface area is 187 Å². The Morgan fingerprint density at radius 3 is 2.87 bits per heavy atom. The van der Waals surface area contributed by atoms with Crippen molar-refractivity contribution in [2.75, 3.05) is 24.3 Å². The lowest BCUT2D eigenvalue weighted by Crippen LogP contribution is -2.25. The van der Waals surface area contributed by atoms with E-state index >= 15 is 0 Å². The number of carbonyl (C=O) groups is 1. The van der Waals surface area contributed by atoms with E-state index in [9.17, 15) is 9.59 Å². The number of aromatic nitrogens is 3. The predicted octanol–water partition coefficient (Wildman–Crippen LogP) is 4.26. The van der Waals surface area contributed by atoms with Crippen molar-refractivity contribution in [1.29, 1.82) is 0 Å². The molecule has 1 N–H and O–H groups in total. The fourth-order valence-electron chi connectivity index (χ4n) is 2.73. The highest BCUT2D eigenvalue weighted by Crippen LogP contribution is 2.23. The zero-order valence-corrected chi connectivity index (χ0v) is 18.6. The number of nitrogens with zero attached hydrogens (tertiary/aromatic N) is 3. The first-order valence-corrected chi connectivity index (χ1v) is 11.0. The van der Waals surface area contributed by atoms with Crippen LogP contribution in [0.3, 0.4) is 0 Å². The van der Waals surface area contributed by atoms with Crippen LogP contribution < -0.4 is 10.9 Å². The Hall–Kier alpha value is -2.13. The summed E-state index contributed by atoms with van der Waals surface area (Å²) < 4.78 is 6.96. The number of ether oxygens (including phenoxy) is 1. The van der Waals surface area contributed by atoms with E-state index in [0.717, 1.165) is 0 Å². The van der Waals surface area contributed by atoms with E-state index in [4.69, 9.17) is 27.9 Å². The molecule has 0 unspecified atom stereocenters. The third-order valence-corrected chi connectivity index (χ3v) is 5.57. The fraction of sp³-hybridized carbons (Fsp3) is 0.300. The van der Waals surface area contributed by atoms with Crippen molar-refractivity contribution < 1.29 is 9.53 Å². The standard InChI is InChI=1S/C20H20Cl2N4O3S/c1-2-29-9-5-8-26-19(28)14-6-3-4-7-16(14)24-20(26)30-12-17(27)25-18-15(22)10-13(21)11-23-18/h3-4,6-7,10-11H,2,5,8-9,12H2,1H3,(H,23,25,27). The second-order valence-electron chi connectivity index (χ2n) is 6.24. The predicted molar refractivity (Wildman–Crippen MR) is 121 cm³/mol. The molecule has 0 aliphatic heterocycles. The van der Waals surface area contributed by atoms with E-state index in [1.54, 1.807) is 22.8 Å². The summed E-state index contributed by atoms with van der Waals surface area (Å²) in [7, 11) is 0. The van der Waals surface area contributed by atoms with Gasteiger partial charge in [0.1, 0.15) is 0 Å². The van der Waals surface area contributed by atoms with Gasteiger partial charge in [-0.15, -0.1) is 0 Å². The van der Waals surface area contributed by atoms with Crippen molar-refractivity contribution in [2.24, 2.45) is 0 Å². The molecule has 0 aliphatic carbocycles. The lowest BCUT2D eigenvalue weighted by molar-refractivity contribution is -0.113. The molecule has 0 radical (unpaired) electrons. The molecule has 0 bridgehead atoms. The van der Waals surface area contributed by atoms with Crippen LogP contribution in [0.1, 0.15) is 13.3 Å². The van der Waals surface area contributed by atoms with Crippen molar-refractivity contribution in [2.45, 2.75) is 25.0 Å². The Morgan fingerprint density at radius 1 is 1.30 bits per heavy atom. The quantitative estimate of drug-likeness (QED) is 0.288. The van der Waals surface area contributed by atoms with Crippen LogP contribution >= 0.6 is 35.0 Å². The highest BCUT2D eigenvalue weighted by Gasteiger charge is 2.14. The SMILES string of the molecule is CCOCCCn1c(SCC(=O)Nc2ncc(Cl)cc2Cl)nc2ccccc2c1=O. The monoisotopic (exact) mass is 466 g/mol. The third-order valence-electron chi connectivity index (χ3n) is 4.10. The number of benzene rings is 1. The number of thioether (sulfide) groups is 1. The van der Waals surface area contributed by atoms with Crippen molar-refractivity contribution in [3.63, 3.8) is 0 Å². The van der Waals surface area contributed by atoms with Crippen LogP contribution in [0, 0.1) is 0 Å². The highest BCUT2D eigenvalue weighted by molar-refractivity contribution is 7.99. The van der Waals surface area contributed by atoms with Gasteiger partial charge in [-0.1, -0.05) is 47.1 Å². The minimum Gasteiger partial charge on any atom is -0.382 e. The van der Waals surface area contributed by atoms with Gasteiger partial charge in [0.25, 0.3) is 5.56 Å². The van der Waals surface area contributed by atoms with Crippen LogP contribution in [0.5, 0.6) is 0 Å². The zero-order valence-electron chi connectivity index (χ0n) is 16.2. The van der Waals surface area contributed by atoms with Gasteiger partial charge in [0.05, 0.1) is 26.7 Å². The molecule has 158 valence electrons. The van der Waals surface area contributed by atoms with Crippen molar-refractivity contribution in [1.82, 2.24) is 14.5 Å². The van der Waals surface area contributed by atoms with Gasteiger partial charge >= 0.3 is 0 Å². The summed E-state index contributed by atoms with van der Waals surface area (Å²) in [4.78, 5) is 33.9. The molecular weight excluding hydrogens is 447 g/mol. The van der Waals surface area contributed by atoms with E-state index in [1.807, 2.05) is 13.0 Å². The topological polar surface area (TPSA) is 86.1 Å². The summed E-state index contributed by atoms with van der Waals surface area (Å²) in [5.41, 5.74) is 0.455. The second kappa shape index (κ2) is 10.8. The van der Waals surface area contributed by atoms with Crippen LogP contribution in [0.15, 0.2) is 46.5 Å². The van der Waals surface area contributed by atoms with Crippen LogP contribution in [-0.4, -0.2) is 39.4 Å². The van der Waals surface area contributed by atoms with Gasteiger partial charge in [0.15, 0.2) is 11.0 Å². The van der Waals surface area contributed by atoms with E-state index in [1.165, 1.54) is 24.0 Å². The molecular formula is C20H20Cl2N4O3S. The summed E-state index contributed by atoms with van der Waals surface area (Å²) in [6, 6.07) is 8.66. The number of rotatable bonds is 9. The van der Waals surface area contributed by atoms with E-state index in [2.05, 4.69) is 15.3 Å².